The van der Waals surface area contributed by atoms with Crippen LogP contribution in [0.4, 0.5) is 0 Å². The Hall–Kier alpha value is -3.66. The molecule has 0 fully saturated rings. The van der Waals surface area contributed by atoms with Gasteiger partial charge in [-0.05, 0) is 35.7 Å². The molecule has 0 amide bonds. The molecule has 0 aliphatic carbocycles. The maximum atomic E-state index is 12.8. The van der Waals surface area contributed by atoms with Crippen molar-refractivity contribution in [2.75, 3.05) is 0 Å². The van der Waals surface area contributed by atoms with Crippen LogP contribution in [-0.4, -0.2) is 5.97 Å². The van der Waals surface area contributed by atoms with E-state index in [9.17, 15) is 9.59 Å². The monoisotopic (exact) mass is 370 g/mol. The van der Waals surface area contributed by atoms with Gasteiger partial charge in [-0.2, -0.15) is 0 Å². The van der Waals surface area contributed by atoms with E-state index >= 15 is 0 Å². The molecule has 4 rings (SSSR count). The lowest BCUT2D eigenvalue weighted by Crippen LogP contribution is -2.09. The largest absolute Gasteiger partial charge is 0.457 e. The SMILES string of the molecule is Cc1ccc2c(COC(=O)c3ccccc3-c3ccccc3)cc(=O)oc2c1. The summed E-state index contributed by atoms with van der Waals surface area (Å²) in [5, 5.41) is 0.759. The topological polar surface area (TPSA) is 56.5 Å². The van der Waals surface area contributed by atoms with Gasteiger partial charge in [0.2, 0.25) is 0 Å². The molecule has 0 aliphatic rings. The molecular weight excluding hydrogens is 352 g/mol. The van der Waals surface area contributed by atoms with Gasteiger partial charge in [-0.3, -0.25) is 0 Å². The van der Waals surface area contributed by atoms with Crippen LogP contribution in [0.2, 0.25) is 0 Å². The van der Waals surface area contributed by atoms with Crippen molar-refractivity contribution in [2.45, 2.75) is 13.5 Å². The van der Waals surface area contributed by atoms with E-state index in [1.54, 1.807) is 18.2 Å². The molecule has 1 heterocycles. The van der Waals surface area contributed by atoms with E-state index in [1.807, 2.05) is 61.5 Å². The molecule has 0 aliphatic heterocycles. The third kappa shape index (κ3) is 3.58. The number of ether oxygens (including phenoxy) is 1. The van der Waals surface area contributed by atoms with Gasteiger partial charge in [0.1, 0.15) is 12.2 Å². The van der Waals surface area contributed by atoms with Gasteiger partial charge in [0.15, 0.2) is 0 Å². The highest BCUT2D eigenvalue weighted by atomic mass is 16.5. The fourth-order valence-corrected chi connectivity index (χ4v) is 3.21. The molecule has 0 saturated carbocycles. The Kier molecular flexibility index (Phi) is 4.77. The molecule has 28 heavy (non-hydrogen) atoms. The van der Waals surface area contributed by atoms with Crippen molar-refractivity contribution in [3.8, 4) is 11.1 Å². The molecule has 138 valence electrons. The number of esters is 1. The fraction of sp³-hybridized carbons (Fsp3) is 0.0833. The number of benzene rings is 3. The van der Waals surface area contributed by atoms with Crippen LogP contribution in [0, 0.1) is 6.92 Å². The minimum atomic E-state index is -0.464. The summed E-state index contributed by atoms with van der Waals surface area (Å²) in [6.07, 6.45) is 0. The zero-order chi connectivity index (χ0) is 19.5. The summed E-state index contributed by atoms with van der Waals surface area (Å²) < 4.78 is 10.8. The van der Waals surface area contributed by atoms with Crippen molar-refractivity contribution in [1.29, 1.82) is 0 Å². The number of carbonyl (C=O) groups is 1. The number of hydrogen-bond acceptors (Lipinski definition) is 4. The average Bonchev–Trinajstić information content (AvgIpc) is 2.72. The predicted molar refractivity (Wildman–Crippen MR) is 108 cm³/mol. The van der Waals surface area contributed by atoms with Crippen LogP contribution in [0.15, 0.2) is 88.1 Å². The molecule has 0 spiro atoms. The smallest absolute Gasteiger partial charge is 0.339 e. The molecule has 0 saturated heterocycles. The molecule has 4 aromatic rings. The van der Waals surface area contributed by atoms with Gasteiger partial charge in [-0.1, -0.05) is 60.7 Å². The van der Waals surface area contributed by atoms with Crippen LogP contribution in [0.3, 0.4) is 0 Å². The predicted octanol–water partition coefficient (Wildman–Crippen LogP) is 5.13. The van der Waals surface area contributed by atoms with E-state index < -0.39 is 11.6 Å². The molecular formula is C24H18O4. The van der Waals surface area contributed by atoms with E-state index in [0.29, 0.717) is 16.7 Å². The number of carbonyl (C=O) groups excluding carboxylic acids is 1. The lowest BCUT2D eigenvalue weighted by Gasteiger charge is -2.11. The van der Waals surface area contributed by atoms with Crippen LogP contribution < -0.4 is 5.63 Å². The summed E-state index contributed by atoms with van der Waals surface area (Å²) in [7, 11) is 0. The van der Waals surface area contributed by atoms with Crippen molar-refractivity contribution in [1.82, 2.24) is 0 Å². The summed E-state index contributed by atoms with van der Waals surface area (Å²) in [5.41, 5.74) is 3.87. The first kappa shape index (κ1) is 17.7. The van der Waals surface area contributed by atoms with Crippen LogP contribution in [0.5, 0.6) is 0 Å². The third-order valence-electron chi connectivity index (χ3n) is 4.58. The van der Waals surface area contributed by atoms with Crippen LogP contribution in [0.1, 0.15) is 21.5 Å². The second-order valence-corrected chi connectivity index (χ2v) is 6.58. The highest BCUT2D eigenvalue weighted by Gasteiger charge is 2.15. The van der Waals surface area contributed by atoms with Crippen molar-refractivity contribution in [2.24, 2.45) is 0 Å². The van der Waals surface area contributed by atoms with Crippen LogP contribution >= 0.6 is 0 Å². The molecule has 4 nitrogen and oxygen atoms in total. The molecule has 0 atom stereocenters. The summed E-state index contributed by atoms with van der Waals surface area (Å²) >= 11 is 0. The first-order chi connectivity index (χ1) is 13.6. The maximum Gasteiger partial charge on any atom is 0.339 e. The highest BCUT2D eigenvalue weighted by Crippen LogP contribution is 2.25. The molecule has 3 aromatic carbocycles. The second-order valence-electron chi connectivity index (χ2n) is 6.58. The minimum Gasteiger partial charge on any atom is -0.457 e. The Morgan fingerprint density at radius 2 is 1.68 bits per heavy atom. The molecule has 0 radical (unpaired) electrons. The van der Waals surface area contributed by atoms with E-state index in [0.717, 1.165) is 22.1 Å². The van der Waals surface area contributed by atoms with Gasteiger partial charge in [0.05, 0.1) is 5.56 Å². The summed E-state index contributed by atoms with van der Waals surface area (Å²) in [5.74, 6) is -0.437. The van der Waals surface area contributed by atoms with Crippen molar-refractivity contribution in [3.63, 3.8) is 0 Å². The van der Waals surface area contributed by atoms with Crippen LogP contribution in [-0.2, 0) is 11.3 Å². The Bertz CT molecular complexity index is 1210. The molecule has 0 unspecified atom stereocenters. The normalized spacial score (nSPS) is 10.8. The molecule has 0 N–H and O–H groups in total. The summed E-state index contributed by atoms with van der Waals surface area (Å²) in [6.45, 7) is 1.92. The number of aryl methyl sites for hydroxylation is 1. The highest BCUT2D eigenvalue weighted by molar-refractivity contribution is 5.97. The number of hydrogen-bond donors (Lipinski definition) is 0. The Labute approximate surface area is 162 Å². The standard InChI is InChI=1S/C24H18O4/c1-16-11-12-20-18(14-23(25)28-22(20)13-16)15-27-24(26)21-10-6-5-9-19(21)17-7-3-2-4-8-17/h2-14H,15H2,1H3. The van der Waals surface area contributed by atoms with Gasteiger partial charge >= 0.3 is 11.6 Å². The number of fused-ring (bicyclic) bond motifs is 1. The van der Waals surface area contributed by atoms with Gasteiger partial charge in [-0.25, -0.2) is 9.59 Å². The summed E-state index contributed by atoms with van der Waals surface area (Å²) in [6, 6.07) is 24.0. The zero-order valence-corrected chi connectivity index (χ0v) is 15.3. The second kappa shape index (κ2) is 7.53. The lowest BCUT2D eigenvalue weighted by atomic mass is 10.00. The number of rotatable bonds is 4. The Morgan fingerprint density at radius 1 is 0.929 bits per heavy atom. The van der Waals surface area contributed by atoms with E-state index in [4.69, 9.17) is 9.15 Å². The summed E-state index contributed by atoms with van der Waals surface area (Å²) in [4.78, 5) is 24.6. The zero-order valence-electron chi connectivity index (χ0n) is 15.3. The molecule has 1 aromatic heterocycles. The third-order valence-corrected chi connectivity index (χ3v) is 4.58. The minimum absolute atomic E-state index is 0.00683. The Balaban J connectivity index is 1.63. The average molecular weight is 370 g/mol. The molecule has 4 heteroatoms. The van der Waals surface area contributed by atoms with Crippen molar-refractivity contribution >= 4 is 16.9 Å². The van der Waals surface area contributed by atoms with E-state index in [-0.39, 0.29) is 6.61 Å². The van der Waals surface area contributed by atoms with Gasteiger partial charge in [0.25, 0.3) is 0 Å². The first-order valence-electron chi connectivity index (χ1n) is 8.97. The van der Waals surface area contributed by atoms with Crippen LogP contribution in [0.25, 0.3) is 22.1 Å². The van der Waals surface area contributed by atoms with Gasteiger partial charge < -0.3 is 9.15 Å². The fourth-order valence-electron chi connectivity index (χ4n) is 3.21. The quantitative estimate of drug-likeness (QED) is 0.369. The maximum absolute atomic E-state index is 12.8. The lowest BCUT2D eigenvalue weighted by molar-refractivity contribution is 0.0475. The molecule has 0 bridgehead atoms. The van der Waals surface area contributed by atoms with E-state index in [1.165, 1.54) is 6.07 Å². The van der Waals surface area contributed by atoms with Crippen molar-refractivity contribution in [3.05, 3.63) is 106 Å². The van der Waals surface area contributed by atoms with Gasteiger partial charge in [-0.15, -0.1) is 0 Å². The Morgan fingerprint density at radius 3 is 2.50 bits per heavy atom. The first-order valence-corrected chi connectivity index (χ1v) is 8.97. The van der Waals surface area contributed by atoms with Gasteiger partial charge in [0, 0.05) is 17.0 Å². The van der Waals surface area contributed by atoms with Crippen molar-refractivity contribution < 1.29 is 13.9 Å². The van der Waals surface area contributed by atoms with E-state index in [2.05, 4.69) is 0 Å².